The molecule has 0 spiro atoms. The van der Waals surface area contributed by atoms with Gasteiger partial charge in [0.05, 0.1) is 0 Å². The predicted molar refractivity (Wildman–Crippen MR) is 59.1 cm³/mol. The van der Waals surface area contributed by atoms with Crippen LogP contribution in [-0.2, 0) is 0 Å². The van der Waals surface area contributed by atoms with E-state index < -0.39 is 0 Å². The number of rotatable bonds is 0. The van der Waals surface area contributed by atoms with Crippen LogP contribution in [0.25, 0.3) is 0 Å². The Hall–Kier alpha value is -0.0400. The van der Waals surface area contributed by atoms with Crippen molar-refractivity contribution in [3.8, 4) is 0 Å². The quantitative estimate of drug-likeness (QED) is 0.572. The summed E-state index contributed by atoms with van der Waals surface area (Å²) in [5.74, 6) is 4.36. The van der Waals surface area contributed by atoms with Gasteiger partial charge in [-0.2, -0.15) is 0 Å². The molecule has 0 amide bonds. The van der Waals surface area contributed by atoms with Crippen molar-refractivity contribution in [3.05, 3.63) is 0 Å². The SMILES string of the molecule is CC1C2C3CCC(CC3)C2CCN1C. The summed E-state index contributed by atoms with van der Waals surface area (Å²) in [5.41, 5.74) is 0. The number of nitrogens with zero attached hydrogens (tertiary/aromatic N) is 1. The Labute approximate surface area is 87.9 Å². The summed E-state index contributed by atoms with van der Waals surface area (Å²) in [7, 11) is 2.32. The molecule has 14 heavy (non-hydrogen) atoms. The Balaban J connectivity index is 1.86. The van der Waals surface area contributed by atoms with Crippen molar-refractivity contribution in [1.82, 2.24) is 4.90 Å². The molecule has 0 radical (unpaired) electrons. The molecular formula is C13H23N. The smallest absolute Gasteiger partial charge is 0.00975 e. The van der Waals surface area contributed by atoms with Gasteiger partial charge in [-0.1, -0.05) is 0 Å². The Morgan fingerprint density at radius 3 is 2.29 bits per heavy atom. The van der Waals surface area contributed by atoms with Crippen LogP contribution in [-0.4, -0.2) is 24.5 Å². The standard InChI is InChI=1S/C13H23N/c1-9-13-11-5-3-10(4-6-11)12(13)7-8-14(9)2/h9-13H,3-8H2,1-2H3. The minimum absolute atomic E-state index is 0.863. The van der Waals surface area contributed by atoms with E-state index in [9.17, 15) is 0 Å². The molecule has 3 saturated carbocycles. The fourth-order valence-corrected chi connectivity index (χ4v) is 4.65. The molecule has 1 aliphatic heterocycles. The van der Waals surface area contributed by atoms with Crippen molar-refractivity contribution >= 4 is 0 Å². The second-order valence-corrected chi connectivity index (χ2v) is 5.93. The molecule has 80 valence electrons. The fraction of sp³-hybridized carbons (Fsp3) is 1.00. The van der Waals surface area contributed by atoms with E-state index in [1.807, 2.05) is 0 Å². The topological polar surface area (TPSA) is 3.24 Å². The molecule has 1 heteroatoms. The highest BCUT2D eigenvalue weighted by Gasteiger charge is 2.48. The van der Waals surface area contributed by atoms with Gasteiger partial charge in [0.15, 0.2) is 0 Å². The summed E-state index contributed by atoms with van der Waals surface area (Å²) < 4.78 is 0. The van der Waals surface area contributed by atoms with Crippen LogP contribution < -0.4 is 0 Å². The van der Waals surface area contributed by atoms with Gasteiger partial charge in [-0.3, -0.25) is 0 Å². The maximum Gasteiger partial charge on any atom is 0.00975 e. The minimum Gasteiger partial charge on any atom is -0.303 e. The molecule has 4 aliphatic rings. The zero-order valence-corrected chi connectivity index (χ0v) is 9.58. The lowest BCUT2D eigenvalue weighted by Crippen LogP contribution is -2.54. The Bertz CT molecular complexity index is 215. The van der Waals surface area contributed by atoms with Crippen molar-refractivity contribution in [2.75, 3.05) is 13.6 Å². The van der Waals surface area contributed by atoms with Crippen LogP contribution in [0.2, 0.25) is 0 Å². The second kappa shape index (κ2) is 3.23. The number of likely N-dealkylation sites (tertiary alicyclic amines) is 1. The lowest BCUT2D eigenvalue weighted by Gasteiger charge is -2.56. The third-order valence-electron chi connectivity index (χ3n) is 5.53. The highest BCUT2D eigenvalue weighted by molar-refractivity contribution is 4.99. The molecule has 0 aromatic rings. The summed E-state index contributed by atoms with van der Waals surface area (Å²) in [6.45, 7) is 3.82. The third kappa shape index (κ3) is 1.18. The molecule has 1 nitrogen and oxygen atoms in total. The largest absolute Gasteiger partial charge is 0.303 e. The highest BCUT2D eigenvalue weighted by Crippen LogP contribution is 2.53. The van der Waals surface area contributed by atoms with Gasteiger partial charge in [0.2, 0.25) is 0 Å². The van der Waals surface area contributed by atoms with Crippen molar-refractivity contribution in [3.63, 3.8) is 0 Å². The number of fused-ring (bicyclic) bond motifs is 2. The Morgan fingerprint density at radius 2 is 1.57 bits per heavy atom. The molecule has 0 N–H and O–H groups in total. The number of hydrogen-bond acceptors (Lipinski definition) is 1. The third-order valence-corrected chi connectivity index (χ3v) is 5.53. The Kier molecular flexibility index (Phi) is 2.12. The number of hydrogen-bond donors (Lipinski definition) is 0. The molecule has 0 aromatic carbocycles. The van der Waals surface area contributed by atoms with Crippen molar-refractivity contribution in [1.29, 1.82) is 0 Å². The summed E-state index contributed by atoms with van der Waals surface area (Å²) >= 11 is 0. The molecular weight excluding hydrogens is 170 g/mol. The summed E-state index contributed by atoms with van der Waals surface area (Å²) in [4.78, 5) is 2.60. The molecule has 3 atom stereocenters. The lowest BCUT2D eigenvalue weighted by molar-refractivity contribution is -0.0592. The van der Waals surface area contributed by atoms with Crippen LogP contribution in [0.4, 0.5) is 0 Å². The first-order valence-corrected chi connectivity index (χ1v) is 6.47. The fourth-order valence-electron chi connectivity index (χ4n) is 4.65. The molecule has 3 aliphatic carbocycles. The summed E-state index contributed by atoms with van der Waals surface area (Å²) in [5, 5.41) is 0. The molecule has 3 unspecified atom stereocenters. The first-order chi connectivity index (χ1) is 6.77. The normalized spacial score (nSPS) is 53.1. The molecule has 1 heterocycles. The maximum atomic E-state index is 2.60. The van der Waals surface area contributed by atoms with E-state index in [0.29, 0.717) is 0 Å². The van der Waals surface area contributed by atoms with Crippen LogP contribution >= 0.6 is 0 Å². The van der Waals surface area contributed by atoms with Crippen molar-refractivity contribution < 1.29 is 0 Å². The predicted octanol–water partition coefficient (Wildman–Crippen LogP) is 2.76. The first-order valence-electron chi connectivity index (χ1n) is 6.47. The zero-order chi connectivity index (χ0) is 9.71. The Morgan fingerprint density at radius 1 is 0.929 bits per heavy atom. The van der Waals surface area contributed by atoms with Gasteiger partial charge < -0.3 is 4.90 Å². The van der Waals surface area contributed by atoms with E-state index in [1.165, 1.54) is 13.0 Å². The van der Waals surface area contributed by atoms with E-state index in [1.54, 1.807) is 25.7 Å². The maximum absolute atomic E-state index is 2.60. The van der Waals surface area contributed by atoms with Gasteiger partial charge in [-0.15, -0.1) is 0 Å². The van der Waals surface area contributed by atoms with Gasteiger partial charge in [-0.05, 0) is 76.3 Å². The van der Waals surface area contributed by atoms with Crippen LogP contribution in [0, 0.1) is 23.7 Å². The van der Waals surface area contributed by atoms with E-state index >= 15 is 0 Å². The van der Waals surface area contributed by atoms with E-state index in [0.717, 1.165) is 29.7 Å². The molecule has 1 saturated heterocycles. The molecule has 4 fully saturated rings. The van der Waals surface area contributed by atoms with E-state index in [4.69, 9.17) is 0 Å². The monoisotopic (exact) mass is 193 g/mol. The van der Waals surface area contributed by atoms with E-state index in [2.05, 4.69) is 18.9 Å². The molecule has 2 bridgehead atoms. The summed E-state index contributed by atoms with van der Waals surface area (Å²) in [6.07, 6.45) is 7.70. The zero-order valence-electron chi connectivity index (χ0n) is 9.58. The molecule has 4 rings (SSSR count). The number of piperidine rings is 1. The molecule has 0 aromatic heterocycles. The van der Waals surface area contributed by atoms with Crippen molar-refractivity contribution in [2.45, 2.75) is 45.1 Å². The van der Waals surface area contributed by atoms with Gasteiger partial charge in [0.1, 0.15) is 0 Å². The average molecular weight is 193 g/mol. The van der Waals surface area contributed by atoms with E-state index in [-0.39, 0.29) is 0 Å². The highest BCUT2D eigenvalue weighted by atomic mass is 15.1. The van der Waals surface area contributed by atoms with Crippen LogP contribution in [0.3, 0.4) is 0 Å². The first kappa shape index (κ1) is 9.21. The van der Waals surface area contributed by atoms with Crippen LogP contribution in [0.1, 0.15) is 39.0 Å². The van der Waals surface area contributed by atoms with Crippen molar-refractivity contribution in [2.24, 2.45) is 23.7 Å². The van der Waals surface area contributed by atoms with Crippen LogP contribution in [0.5, 0.6) is 0 Å². The van der Waals surface area contributed by atoms with Gasteiger partial charge in [0.25, 0.3) is 0 Å². The van der Waals surface area contributed by atoms with Crippen LogP contribution in [0.15, 0.2) is 0 Å². The van der Waals surface area contributed by atoms with Gasteiger partial charge in [0, 0.05) is 6.04 Å². The summed E-state index contributed by atoms with van der Waals surface area (Å²) in [6, 6.07) is 0.863. The van der Waals surface area contributed by atoms with Gasteiger partial charge in [-0.25, -0.2) is 0 Å². The average Bonchev–Trinajstić information content (AvgIpc) is 2.25. The minimum atomic E-state index is 0.863. The van der Waals surface area contributed by atoms with Gasteiger partial charge >= 0.3 is 0 Å². The lowest BCUT2D eigenvalue weighted by atomic mass is 9.55. The second-order valence-electron chi connectivity index (χ2n) is 5.93.